The van der Waals surface area contributed by atoms with Crippen molar-refractivity contribution in [2.45, 2.75) is 25.9 Å². The summed E-state index contributed by atoms with van der Waals surface area (Å²) >= 11 is 0. The van der Waals surface area contributed by atoms with Crippen LogP contribution in [-0.4, -0.2) is 45.7 Å². The van der Waals surface area contributed by atoms with Gasteiger partial charge in [-0.3, -0.25) is 19.4 Å². The minimum atomic E-state index is -0.0517. The predicted molar refractivity (Wildman–Crippen MR) is 87.9 cm³/mol. The van der Waals surface area contributed by atoms with Crippen molar-refractivity contribution < 1.29 is 4.79 Å². The first kappa shape index (κ1) is 15.7. The van der Waals surface area contributed by atoms with E-state index >= 15 is 0 Å². The lowest BCUT2D eigenvalue weighted by atomic mass is 9.94. The van der Waals surface area contributed by atoms with Gasteiger partial charge in [0.15, 0.2) is 0 Å². The minimum absolute atomic E-state index is 0.0517. The summed E-state index contributed by atoms with van der Waals surface area (Å²) < 4.78 is 1.76. The molecule has 1 aliphatic rings. The highest BCUT2D eigenvalue weighted by atomic mass is 16.1. The highest BCUT2D eigenvalue weighted by Gasteiger charge is 2.33. The van der Waals surface area contributed by atoms with Crippen LogP contribution in [0, 0.1) is 5.92 Å². The number of nitrogens with zero attached hydrogens (tertiary/aromatic N) is 4. The Morgan fingerprint density at radius 2 is 2.30 bits per heavy atom. The molecule has 3 heterocycles. The first-order valence-corrected chi connectivity index (χ1v) is 8.10. The van der Waals surface area contributed by atoms with Gasteiger partial charge in [0.05, 0.1) is 11.8 Å². The molecule has 2 atom stereocenters. The van der Waals surface area contributed by atoms with Crippen molar-refractivity contribution in [3.05, 3.63) is 48.0 Å². The molecule has 1 N–H and O–H groups in total. The number of aromatic nitrogens is 3. The Bertz CT molecular complexity index is 654. The molecule has 0 spiro atoms. The van der Waals surface area contributed by atoms with Gasteiger partial charge in [-0.25, -0.2) is 0 Å². The van der Waals surface area contributed by atoms with Gasteiger partial charge in [0.2, 0.25) is 0 Å². The van der Waals surface area contributed by atoms with E-state index in [4.69, 9.17) is 0 Å². The first-order chi connectivity index (χ1) is 11.2. The van der Waals surface area contributed by atoms with Crippen LogP contribution in [0.2, 0.25) is 0 Å². The van der Waals surface area contributed by atoms with E-state index in [1.165, 1.54) is 5.56 Å². The molecule has 0 bridgehead atoms. The molecular weight excluding hydrogens is 290 g/mol. The second kappa shape index (κ2) is 6.91. The summed E-state index contributed by atoms with van der Waals surface area (Å²) in [5.74, 6) is 0.346. The van der Waals surface area contributed by atoms with Gasteiger partial charge in [-0.15, -0.1) is 0 Å². The molecule has 1 aliphatic heterocycles. The quantitative estimate of drug-likeness (QED) is 0.913. The smallest absolute Gasteiger partial charge is 0.254 e. The van der Waals surface area contributed by atoms with Gasteiger partial charge in [-0.05, 0) is 44.5 Å². The van der Waals surface area contributed by atoms with Gasteiger partial charge >= 0.3 is 0 Å². The molecule has 6 heteroatoms. The normalized spacial score (nSPS) is 21.5. The number of carbonyl (C=O) groups is 1. The number of nitrogens with one attached hydrogen (secondary N) is 1. The molecule has 6 nitrogen and oxygen atoms in total. The maximum Gasteiger partial charge on any atom is 0.254 e. The number of hydrogen-bond donors (Lipinski definition) is 1. The van der Waals surface area contributed by atoms with Crippen LogP contribution in [-0.2, 0) is 6.54 Å². The fourth-order valence-electron chi connectivity index (χ4n) is 3.30. The Labute approximate surface area is 136 Å². The van der Waals surface area contributed by atoms with Crippen LogP contribution in [0.5, 0.6) is 0 Å². The Morgan fingerprint density at radius 1 is 1.43 bits per heavy atom. The molecule has 0 radical (unpaired) electrons. The molecule has 1 amide bonds. The number of amides is 1. The van der Waals surface area contributed by atoms with Gasteiger partial charge in [-0.2, -0.15) is 5.10 Å². The monoisotopic (exact) mass is 313 g/mol. The lowest BCUT2D eigenvalue weighted by Gasteiger charge is -2.25. The van der Waals surface area contributed by atoms with E-state index < -0.39 is 0 Å². The van der Waals surface area contributed by atoms with Gasteiger partial charge < -0.3 is 5.32 Å². The van der Waals surface area contributed by atoms with Crippen molar-refractivity contribution in [2.75, 3.05) is 20.1 Å². The Kier molecular flexibility index (Phi) is 4.71. The Balaban J connectivity index is 1.64. The molecule has 2 aromatic heterocycles. The fraction of sp³-hybridized carbons (Fsp3) is 0.471. The third-order valence-corrected chi connectivity index (χ3v) is 4.54. The lowest BCUT2D eigenvalue weighted by Crippen LogP contribution is -2.32. The van der Waals surface area contributed by atoms with Gasteiger partial charge in [0.25, 0.3) is 5.91 Å². The van der Waals surface area contributed by atoms with Gasteiger partial charge in [-0.1, -0.05) is 6.07 Å². The largest absolute Gasteiger partial charge is 0.352 e. The highest BCUT2D eigenvalue weighted by molar-refractivity contribution is 5.93. The first-order valence-electron chi connectivity index (χ1n) is 8.10. The van der Waals surface area contributed by atoms with Crippen LogP contribution in [0.4, 0.5) is 0 Å². The molecular formula is C17H23N5O. The van der Waals surface area contributed by atoms with Crippen molar-refractivity contribution in [3.8, 4) is 0 Å². The Hall–Kier alpha value is -2.21. The summed E-state index contributed by atoms with van der Waals surface area (Å²) in [4.78, 5) is 18.8. The average molecular weight is 313 g/mol. The van der Waals surface area contributed by atoms with Crippen LogP contribution in [0.3, 0.4) is 0 Å². The number of hydrogen-bond acceptors (Lipinski definition) is 4. The maximum atomic E-state index is 12.3. The zero-order valence-electron chi connectivity index (χ0n) is 13.6. The van der Waals surface area contributed by atoms with Crippen LogP contribution < -0.4 is 5.32 Å². The zero-order chi connectivity index (χ0) is 16.2. The van der Waals surface area contributed by atoms with Crippen LogP contribution in [0.25, 0.3) is 0 Å². The van der Waals surface area contributed by atoms with E-state index in [1.54, 1.807) is 23.3 Å². The summed E-state index contributed by atoms with van der Waals surface area (Å²) in [6, 6.07) is 4.39. The van der Waals surface area contributed by atoms with E-state index in [0.717, 1.165) is 19.5 Å². The molecule has 0 aromatic carbocycles. The maximum absolute atomic E-state index is 12.3. The number of pyridine rings is 1. The van der Waals surface area contributed by atoms with E-state index in [-0.39, 0.29) is 5.91 Å². The van der Waals surface area contributed by atoms with Crippen molar-refractivity contribution in [1.82, 2.24) is 25.0 Å². The Morgan fingerprint density at radius 3 is 3.00 bits per heavy atom. The predicted octanol–water partition coefficient (Wildman–Crippen LogP) is 1.72. The molecule has 1 fully saturated rings. The molecule has 0 unspecified atom stereocenters. The summed E-state index contributed by atoms with van der Waals surface area (Å²) in [5.41, 5.74) is 1.83. The molecule has 0 saturated carbocycles. The van der Waals surface area contributed by atoms with E-state index in [2.05, 4.69) is 33.4 Å². The molecule has 3 rings (SSSR count). The third-order valence-electron chi connectivity index (χ3n) is 4.54. The van der Waals surface area contributed by atoms with Gasteiger partial charge in [0, 0.05) is 37.7 Å². The van der Waals surface area contributed by atoms with E-state index in [0.29, 0.717) is 24.1 Å². The SMILES string of the molecule is CCn1cc(C(=O)NC[C@@H]2CCN(C)[C@H]2c2cccnc2)cn1. The van der Waals surface area contributed by atoms with Crippen molar-refractivity contribution >= 4 is 5.91 Å². The summed E-state index contributed by atoms with van der Waals surface area (Å²) in [5, 5.41) is 7.21. The number of likely N-dealkylation sites (tertiary alicyclic amines) is 1. The number of aryl methyl sites for hydroxylation is 1. The molecule has 0 aliphatic carbocycles. The summed E-state index contributed by atoms with van der Waals surface area (Å²) in [6.45, 7) is 4.47. The molecule has 122 valence electrons. The van der Waals surface area contributed by atoms with E-state index in [9.17, 15) is 4.79 Å². The number of rotatable bonds is 5. The third kappa shape index (κ3) is 3.42. The minimum Gasteiger partial charge on any atom is -0.352 e. The molecule has 1 saturated heterocycles. The highest BCUT2D eigenvalue weighted by Crippen LogP contribution is 2.35. The topological polar surface area (TPSA) is 63.1 Å². The lowest BCUT2D eigenvalue weighted by molar-refractivity contribution is 0.0943. The second-order valence-electron chi connectivity index (χ2n) is 6.06. The van der Waals surface area contributed by atoms with Crippen molar-refractivity contribution in [2.24, 2.45) is 5.92 Å². The van der Waals surface area contributed by atoms with Crippen LogP contribution >= 0.6 is 0 Å². The average Bonchev–Trinajstić information content (AvgIpc) is 3.20. The standard InChI is InChI=1S/C17H23N5O/c1-3-22-12-15(11-20-22)17(23)19-10-14-6-8-21(2)16(14)13-5-4-7-18-9-13/h4-5,7,9,11-12,14,16H,3,6,8,10H2,1-2H3,(H,19,23)/t14-,16-/m0/s1. The van der Waals surface area contributed by atoms with E-state index in [1.807, 2.05) is 19.2 Å². The van der Waals surface area contributed by atoms with Gasteiger partial charge in [0.1, 0.15) is 0 Å². The van der Waals surface area contributed by atoms with Crippen LogP contribution in [0.15, 0.2) is 36.9 Å². The number of carbonyl (C=O) groups excluding carboxylic acids is 1. The second-order valence-corrected chi connectivity index (χ2v) is 6.06. The molecule has 2 aromatic rings. The summed E-state index contributed by atoms with van der Waals surface area (Å²) in [6.07, 6.45) is 8.20. The summed E-state index contributed by atoms with van der Waals surface area (Å²) in [7, 11) is 2.13. The zero-order valence-corrected chi connectivity index (χ0v) is 13.6. The molecule has 23 heavy (non-hydrogen) atoms. The van der Waals surface area contributed by atoms with Crippen molar-refractivity contribution in [3.63, 3.8) is 0 Å². The van der Waals surface area contributed by atoms with Crippen molar-refractivity contribution in [1.29, 1.82) is 0 Å². The van der Waals surface area contributed by atoms with Crippen LogP contribution in [0.1, 0.15) is 35.3 Å². The fourth-order valence-corrected chi connectivity index (χ4v) is 3.30.